The van der Waals surface area contributed by atoms with Crippen LogP contribution < -0.4 is 5.73 Å². The molecule has 0 saturated heterocycles. The van der Waals surface area contributed by atoms with Gasteiger partial charge in [0.1, 0.15) is 5.76 Å². The number of furan rings is 1. The lowest BCUT2D eigenvalue weighted by Crippen LogP contribution is -2.30. The molecule has 1 rings (SSSR count). The third kappa shape index (κ3) is 2.57. The van der Waals surface area contributed by atoms with Gasteiger partial charge in [0.2, 0.25) is 0 Å². The molecule has 1 atom stereocenters. The van der Waals surface area contributed by atoms with Gasteiger partial charge in [-0.3, -0.25) is 4.90 Å². The number of rotatable bonds is 5. The molecule has 0 fully saturated rings. The maximum absolute atomic E-state index is 5.69. The van der Waals surface area contributed by atoms with Crippen molar-refractivity contribution >= 4 is 0 Å². The zero-order chi connectivity index (χ0) is 9.68. The number of hydrogen-bond acceptors (Lipinski definition) is 3. The SMILES string of the molecule is CCCN(C)C(CN)c1ccco1. The summed E-state index contributed by atoms with van der Waals surface area (Å²) in [6, 6.07) is 4.09. The molecular formula is C10H18N2O. The molecule has 0 saturated carbocycles. The summed E-state index contributed by atoms with van der Waals surface area (Å²) in [5, 5.41) is 0. The Hall–Kier alpha value is -0.800. The second-order valence-corrected chi connectivity index (χ2v) is 3.25. The van der Waals surface area contributed by atoms with E-state index in [-0.39, 0.29) is 6.04 Å². The van der Waals surface area contributed by atoms with E-state index in [1.807, 2.05) is 12.1 Å². The van der Waals surface area contributed by atoms with E-state index < -0.39 is 0 Å². The first-order valence-corrected chi connectivity index (χ1v) is 4.73. The van der Waals surface area contributed by atoms with E-state index in [1.165, 1.54) is 0 Å². The first-order valence-electron chi connectivity index (χ1n) is 4.73. The van der Waals surface area contributed by atoms with Gasteiger partial charge in [0.15, 0.2) is 0 Å². The molecule has 1 unspecified atom stereocenters. The maximum Gasteiger partial charge on any atom is 0.122 e. The second-order valence-electron chi connectivity index (χ2n) is 3.25. The van der Waals surface area contributed by atoms with Crippen molar-refractivity contribution in [2.45, 2.75) is 19.4 Å². The van der Waals surface area contributed by atoms with Crippen molar-refractivity contribution in [2.75, 3.05) is 20.1 Å². The Bertz CT molecular complexity index is 221. The number of likely N-dealkylation sites (N-methyl/N-ethyl adjacent to an activating group) is 1. The minimum absolute atomic E-state index is 0.218. The van der Waals surface area contributed by atoms with Gasteiger partial charge in [0, 0.05) is 6.54 Å². The number of nitrogens with zero attached hydrogens (tertiary/aromatic N) is 1. The quantitative estimate of drug-likeness (QED) is 0.752. The van der Waals surface area contributed by atoms with Crippen LogP contribution in [0.1, 0.15) is 25.1 Å². The highest BCUT2D eigenvalue weighted by Crippen LogP contribution is 2.18. The van der Waals surface area contributed by atoms with E-state index >= 15 is 0 Å². The molecule has 1 heterocycles. The molecule has 0 amide bonds. The van der Waals surface area contributed by atoms with E-state index in [2.05, 4.69) is 18.9 Å². The molecule has 0 aliphatic rings. The fourth-order valence-corrected chi connectivity index (χ4v) is 1.50. The Kier molecular flexibility index (Phi) is 3.99. The van der Waals surface area contributed by atoms with Crippen LogP contribution in [-0.4, -0.2) is 25.0 Å². The van der Waals surface area contributed by atoms with Gasteiger partial charge >= 0.3 is 0 Å². The Morgan fingerprint density at radius 3 is 2.85 bits per heavy atom. The van der Waals surface area contributed by atoms with Crippen LogP contribution in [0.2, 0.25) is 0 Å². The molecule has 3 heteroatoms. The van der Waals surface area contributed by atoms with E-state index in [9.17, 15) is 0 Å². The van der Waals surface area contributed by atoms with Crippen molar-refractivity contribution in [2.24, 2.45) is 5.73 Å². The zero-order valence-corrected chi connectivity index (χ0v) is 8.36. The summed E-state index contributed by atoms with van der Waals surface area (Å²) < 4.78 is 5.33. The third-order valence-electron chi connectivity index (χ3n) is 2.20. The smallest absolute Gasteiger partial charge is 0.122 e. The molecule has 13 heavy (non-hydrogen) atoms. The monoisotopic (exact) mass is 182 g/mol. The number of hydrogen-bond donors (Lipinski definition) is 1. The van der Waals surface area contributed by atoms with Crippen molar-refractivity contribution in [3.05, 3.63) is 24.2 Å². The second kappa shape index (κ2) is 5.04. The van der Waals surface area contributed by atoms with E-state index in [0.717, 1.165) is 18.7 Å². The van der Waals surface area contributed by atoms with E-state index in [4.69, 9.17) is 10.2 Å². The highest BCUT2D eigenvalue weighted by Gasteiger charge is 2.16. The zero-order valence-electron chi connectivity index (χ0n) is 8.36. The first-order chi connectivity index (χ1) is 6.29. The predicted octanol–water partition coefficient (Wildman–Crippen LogP) is 1.62. The third-order valence-corrected chi connectivity index (χ3v) is 2.20. The molecule has 0 aromatic carbocycles. The Morgan fingerprint density at radius 2 is 2.38 bits per heavy atom. The number of nitrogens with two attached hydrogens (primary N) is 1. The largest absolute Gasteiger partial charge is 0.468 e. The molecule has 0 aliphatic carbocycles. The average molecular weight is 182 g/mol. The molecule has 2 N–H and O–H groups in total. The van der Waals surface area contributed by atoms with Gasteiger partial charge < -0.3 is 10.2 Å². The topological polar surface area (TPSA) is 42.4 Å². The van der Waals surface area contributed by atoms with Crippen molar-refractivity contribution < 1.29 is 4.42 Å². The van der Waals surface area contributed by atoms with Crippen molar-refractivity contribution in [3.8, 4) is 0 Å². The lowest BCUT2D eigenvalue weighted by Gasteiger charge is -2.24. The van der Waals surface area contributed by atoms with Crippen molar-refractivity contribution in [1.29, 1.82) is 0 Å². The highest BCUT2D eigenvalue weighted by atomic mass is 16.3. The van der Waals surface area contributed by atoms with Crippen LogP contribution in [0.25, 0.3) is 0 Å². The fourth-order valence-electron chi connectivity index (χ4n) is 1.50. The molecule has 0 spiro atoms. The molecule has 0 radical (unpaired) electrons. The summed E-state index contributed by atoms with van der Waals surface area (Å²) in [6.07, 6.45) is 2.82. The Balaban J connectivity index is 2.62. The van der Waals surface area contributed by atoms with Gasteiger partial charge in [-0.25, -0.2) is 0 Å². The minimum atomic E-state index is 0.218. The van der Waals surface area contributed by atoms with E-state index in [0.29, 0.717) is 6.54 Å². The van der Waals surface area contributed by atoms with Gasteiger partial charge in [-0.05, 0) is 32.1 Å². The first kappa shape index (κ1) is 10.3. The van der Waals surface area contributed by atoms with Crippen LogP contribution in [0, 0.1) is 0 Å². The molecule has 0 aliphatic heterocycles. The minimum Gasteiger partial charge on any atom is -0.468 e. The van der Waals surface area contributed by atoms with Crippen LogP contribution in [0.5, 0.6) is 0 Å². The molecule has 0 bridgehead atoms. The summed E-state index contributed by atoms with van der Waals surface area (Å²) >= 11 is 0. The summed E-state index contributed by atoms with van der Waals surface area (Å²) in [6.45, 7) is 3.80. The molecular weight excluding hydrogens is 164 g/mol. The molecule has 1 aromatic heterocycles. The van der Waals surface area contributed by atoms with Crippen LogP contribution in [0.3, 0.4) is 0 Å². The fraction of sp³-hybridized carbons (Fsp3) is 0.600. The lowest BCUT2D eigenvalue weighted by molar-refractivity contribution is 0.221. The predicted molar refractivity (Wildman–Crippen MR) is 53.4 cm³/mol. The summed E-state index contributed by atoms with van der Waals surface area (Å²) in [5.74, 6) is 0.957. The molecule has 74 valence electrons. The molecule has 3 nitrogen and oxygen atoms in total. The lowest BCUT2D eigenvalue weighted by atomic mass is 10.2. The van der Waals surface area contributed by atoms with Crippen LogP contribution in [0.15, 0.2) is 22.8 Å². The van der Waals surface area contributed by atoms with Gasteiger partial charge in [0.05, 0.1) is 12.3 Å². The van der Waals surface area contributed by atoms with E-state index in [1.54, 1.807) is 6.26 Å². The summed E-state index contributed by atoms with van der Waals surface area (Å²) in [7, 11) is 2.07. The molecule has 1 aromatic rings. The van der Waals surface area contributed by atoms with Gasteiger partial charge in [-0.2, -0.15) is 0 Å². The van der Waals surface area contributed by atoms with Crippen molar-refractivity contribution in [1.82, 2.24) is 4.90 Å². The maximum atomic E-state index is 5.69. The van der Waals surface area contributed by atoms with Crippen LogP contribution in [0.4, 0.5) is 0 Å². The van der Waals surface area contributed by atoms with Crippen LogP contribution in [-0.2, 0) is 0 Å². The van der Waals surface area contributed by atoms with Gasteiger partial charge in [0.25, 0.3) is 0 Å². The highest BCUT2D eigenvalue weighted by molar-refractivity contribution is 5.04. The Labute approximate surface area is 79.5 Å². The van der Waals surface area contributed by atoms with Crippen molar-refractivity contribution in [3.63, 3.8) is 0 Å². The average Bonchev–Trinajstić information content (AvgIpc) is 2.59. The summed E-state index contributed by atoms with van der Waals surface area (Å²) in [4.78, 5) is 2.22. The summed E-state index contributed by atoms with van der Waals surface area (Å²) in [5.41, 5.74) is 5.69. The standard InChI is InChI=1S/C10H18N2O/c1-3-6-12(2)9(8-11)10-5-4-7-13-10/h4-5,7,9H,3,6,8,11H2,1-2H3. The van der Waals surface area contributed by atoms with Crippen LogP contribution >= 0.6 is 0 Å². The normalized spacial score (nSPS) is 13.5. The van der Waals surface area contributed by atoms with Gasteiger partial charge in [-0.15, -0.1) is 0 Å². The Morgan fingerprint density at radius 1 is 1.62 bits per heavy atom. The van der Waals surface area contributed by atoms with Gasteiger partial charge in [-0.1, -0.05) is 6.92 Å².